The molecule has 1 aliphatic rings. The summed E-state index contributed by atoms with van der Waals surface area (Å²) in [5.74, 6) is 1.02. The zero-order chi connectivity index (χ0) is 20.0. The number of halogens is 2. The van der Waals surface area contributed by atoms with Crippen molar-refractivity contribution in [1.29, 1.82) is 0 Å². The first-order valence-corrected chi connectivity index (χ1v) is 9.89. The molecule has 146 valence electrons. The van der Waals surface area contributed by atoms with E-state index in [1.165, 1.54) is 0 Å². The van der Waals surface area contributed by atoms with Crippen LogP contribution in [0.1, 0.15) is 22.6 Å². The molecule has 0 bridgehead atoms. The second-order valence-corrected chi connectivity index (χ2v) is 7.79. The Kier molecular flexibility index (Phi) is 4.53. The summed E-state index contributed by atoms with van der Waals surface area (Å²) in [6.07, 6.45) is 5.03. The summed E-state index contributed by atoms with van der Waals surface area (Å²) in [5, 5.41) is 0.986. The molecular formula is C21H15Cl2N3O3. The Morgan fingerprint density at radius 1 is 1.17 bits per heavy atom. The van der Waals surface area contributed by atoms with Crippen LogP contribution in [0.2, 0.25) is 10.0 Å². The van der Waals surface area contributed by atoms with Gasteiger partial charge in [-0.2, -0.15) is 0 Å². The zero-order valence-corrected chi connectivity index (χ0v) is 16.7. The number of esters is 1. The Bertz CT molecular complexity index is 1210. The maximum atomic E-state index is 12.6. The van der Waals surface area contributed by atoms with E-state index in [2.05, 4.69) is 9.97 Å². The zero-order valence-electron chi connectivity index (χ0n) is 15.1. The molecule has 0 amide bonds. The van der Waals surface area contributed by atoms with E-state index in [0.29, 0.717) is 44.7 Å². The van der Waals surface area contributed by atoms with Crippen molar-refractivity contribution < 1.29 is 13.9 Å². The molecular weight excluding hydrogens is 413 g/mol. The van der Waals surface area contributed by atoms with Gasteiger partial charge in [-0.3, -0.25) is 0 Å². The number of oxazole rings is 1. The molecule has 2 aromatic heterocycles. The number of benzene rings is 2. The molecule has 5 rings (SSSR count). The molecule has 8 heteroatoms. The molecule has 0 spiro atoms. The number of aromatic nitrogens is 3. The molecule has 0 saturated heterocycles. The van der Waals surface area contributed by atoms with Crippen molar-refractivity contribution in [2.24, 2.45) is 0 Å². The van der Waals surface area contributed by atoms with Gasteiger partial charge in [0.25, 0.3) is 0 Å². The van der Waals surface area contributed by atoms with Crippen LogP contribution in [-0.2, 0) is 17.7 Å². The van der Waals surface area contributed by atoms with Crippen LogP contribution in [0.25, 0.3) is 22.6 Å². The third kappa shape index (κ3) is 3.61. The summed E-state index contributed by atoms with van der Waals surface area (Å²) in [5.41, 5.74) is 2.21. The van der Waals surface area contributed by atoms with Crippen LogP contribution >= 0.6 is 23.2 Å². The summed E-state index contributed by atoms with van der Waals surface area (Å²) in [6, 6.07) is 10.2. The Labute approximate surface area is 176 Å². The van der Waals surface area contributed by atoms with Gasteiger partial charge in [0, 0.05) is 34.4 Å². The van der Waals surface area contributed by atoms with E-state index in [-0.39, 0.29) is 12.1 Å². The summed E-state index contributed by atoms with van der Waals surface area (Å²) < 4.78 is 13.5. The number of nitrogens with zero attached hydrogens (tertiary/aromatic N) is 3. The van der Waals surface area contributed by atoms with Gasteiger partial charge >= 0.3 is 5.97 Å². The Balaban J connectivity index is 1.37. The average molecular weight is 428 g/mol. The van der Waals surface area contributed by atoms with Gasteiger partial charge in [-0.15, -0.1) is 0 Å². The van der Waals surface area contributed by atoms with Crippen LogP contribution in [-0.4, -0.2) is 26.6 Å². The second kappa shape index (κ2) is 7.21. The largest absolute Gasteiger partial charge is 0.457 e. The average Bonchev–Trinajstić information content (AvgIpc) is 3.32. The number of fused-ring (bicyclic) bond motifs is 2. The predicted octanol–water partition coefficient (Wildman–Crippen LogP) is 5.17. The van der Waals surface area contributed by atoms with E-state index in [1.807, 2.05) is 10.8 Å². The monoisotopic (exact) mass is 427 g/mol. The van der Waals surface area contributed by atoms with Gasteiger partial charge in [-0.05, 0) is 42.8 Å². The third-order valence-electron chi connectivity index (χ3n) is 4.90. The number of ether oxygens (including phenoxy) is 1. The highest BCUT2D eigenvalue weighted by Crippen LogP contribution is 2.30. The van der Waals surface area contributed by atoms with Gasteiger partial charge < -0.3 is 13.7 Å². The standard InChI is InChI=1S/C21H15Cl2N3O3/c22-14-7-13(8-15(23)10-14)20-25-17-3-1-12(9-18(17)29-20)21(27)28-16-2-4-19-24-5-6-26(19)11-16/h1,3,5-10,16H,2,4,11H2. The van der Waals surface area contributed by atoms with Crippen LogP contribution < -0.4 is 0 Å². The lowest BCUT2D eigenvalue weighted by Crippen LogP contribution is -2.29. The normalized spacial score (nSPS) is 16.0. The lowest BCUT2D eigenvalue weighted by Gasteiger charge is -2.23. The van der Waals surface area contributed by atoms with E-state index < -0.39 is 0 Å². The van der Waals surface area contributed by atoms with Crippen LogP contribution in [0.5, 0.6) is 0 Å². The summed E-state index contributed by atoms with van der Waals surface area (Å²) in [4.78, 5) is 21.4. The van der Waals surface area contributed by atoms with E-state index >= 15 is 0 Å². The minimum Gasteiger partial charge on any atom is -0.457 e. The molecule has 1 aliphatic heterocycles. The van der Waals surface area contributed by atoms with Crippen molar-refractivity contribution in [2.75, 3.05) is 0 Å². The van der Waals surface area contributed by atoms with Crippen molar-refractivity contribution in [3.05, 3.63) is 70.2 Å². The fourth-order valence-corrected chi connectivity index (χ4v) is 4.03. The molecule has 1 atom stereocenters. The molecule has 0 radical (unpaired) electrons. The second-order valence-electron chi connectivity index (χ2n) is 6.92. The number of hydrogen-bond donors (Lipinski definition) is 0. The molecule has 1 unspecified atom stereocenters. The lowest BCUT2D eigenvalue weighted by atomic mass is 10.1. The van der Waals surface area contributed by atoms with Crippen molar-refractivity contribution in [3.63, 3.8) is 0 Å². The molecule has 0 aliphatic carbocycles. The van der Waals surface area contributed by atoms with Crippen LogP contribution in [0.3, 0.4) is 0 Å². The quantitative estimate of drug-likeness (QED) is 0.421. The molecule has 29 heavy (non-hydrogen) atoms. The Morgan fingerprint density at radius 3 is 2.83 bits per heavy atom. The van der Waals surface area contributed by atoms with Crippen LogP contribution in [0.4, 0.5) is 0 Å². The number of carbonyl (C=O) groups is 1. The lowest BCUT2D eigenvalue weighted by molar-refractivity contribution is 0.0208. The highest BCUT2D eigenvalue weighted by atomic mass is 35.5. The molecule has 0 fully saturated rings. The highest BCUT2D eigenvalue weighted by molar-refractivity contribution is 6.35. The van der Waals surface area contributed by atoms with E-state index in [1.54, 1.807) is 42.6 Å². The first-order chi connectivity index (χ1) is 14.0. The Morgan fingerprint density at radius 2 is 2.00 bits per heavy atom. The first kappa shape index (κ1) is 18.2. The van der Waals surface area contributed by atoms with Gasteiger partial charge in [-0.25, -0.2) is 14.8 Å². The smallest absolute Gasteiger partial charge is 0.338 e. The Hall–Kier alpha value is -2.83. The first-order valence-electron chi connectivity index (χ1n) is 9.13. The molecule has 3 heterocycles. The van der Waals surface area contributed by atoms with Crippen molar-refractivity contribution in [1.82, 2.24) is 14.5 Å². The van der Waals surface area contributed by atoms with E-state index in [0.717, 1.165) is 18.7 Å². The number of aryl methyl sites for hydroxylation is 1. The number of carbonyl (C=O) groups excluding carboxylic acids is 1. The minimum atomic E-state index is -0.385. The highest BCUT2D eigenvalue weighted by Gasteiger charge is 2.23. The van der Waals surface area contributed by atoms with Crippen LogP contribution in [0.15, 0.2) is 53.2 Å². The summed E-state index contributed by atoms with van der Waals surface area (Å²) in [6.45, 7) is 0.616. The van der Waals surface area contributed by atoms with Gasteiger partial charge in [0.1, 0.15) is 17.4 Å². The fourth-order valence-electron chi connectivity index (χ4n) is 3.50. The number of hydrogen-bond acceptors (Lipinski definition) is 5. The SMILES string of the molecule is O=C(OC1CCc2nccn2C1)c1ccc2nc(-c3cc(Cl)cc(Cl)c3)oc2c1. The van der Waals surface area contributed by atoms with Crippen molar-refractivity contribution >= 4 is 40.3 Å². The van der Waals surface area contributed by atoms with E-state index in [9.17, 15) is 4.79 Å². The summed E-state index contributed by atoms with van der Waals surface area (Å²) in [7, 11) is 0. The molecule has 0 saturated carbocycles. The summed E-state index contributed by atoms with van der Waals surface area (Å²) >= 11 is 12.1. The fraction of sp³-hybridized carbons (Fsp3) is 0.190. The van der Waals surface area contributed by atoms with Gasteiger partial charge in [0.15, 0.2) is 5.58 Å². The molecule has 2 aromatic carbocycles. The minimum absolute atomic E-state index is 0.182. The van der Waals surface area contributed by atoms with Gasteiger partial charge in [0.2, 0.25) is 5.89 Å². The predicted molar refractivity (Wildman–Crippen MR) is 109 cm³/mol. The van der Waals surface area contributed by atoms with Crippen LogP contribution in [0, 0.1) is 0 Å². The van der Waals surface area contributed by atoms with Gasteiger partial charge in [-0.1, -0.05) is 23.2 Å². The number of imidazole rings is 1. The topological polar surface area (TPSA) is 70.2 Å². The van der Waals surface area contributed by atoms with Crippen molar-refractivity contribution in [2.45, 2.75) is 25.5 Å². The molecule has 0 N–H and O–H groups in total. The van der Waals surface area contributed by atoms with Crippen molar-refractivity contribution in [3.8, 4) is 11.5 Å². The molecule has 6 nitrogen and oxygen atoms in total. The third-order valence-corrected chi connectivity index (χ3v) is 5.34. The maximum absolute atomic E-state index is 12.6. The van der Waals surface area contributed by atoms with Gasteiger partial charge in [0.05, 0.1) is 12.1 Å². The van der Waals surface area contributed by atoms with E-state index in [4.69, 9.17) is 32.4 Å². The number of rotatable bonds is 3. The maximum Gasteiger partial charge on any atom is 0.338 e. The molecule has 4 aromatic rings.